The molecule has 104 valence electrons. The Labute approximate surface area is 115 Å². The van der Waals surface area contributed by atoms with Gasteiger partial charge in [0.05, 0.1) is 6.42 Å². The minimum atomic E-state index is -0.765. The van der Waals surface area contributed by atoms with Gasteiger partial charge in [0.2, 0.25) is 0 Å². The summed E-state index contributed by atoms with van der Waals surface area (Å²) in [5.74, 6) is 0.0410. The van der Waals surface area contributed by atoms with E-state index in [1.165, 1.54) is 25.7 Å². The third kappa shape index (κ3) is 4.35. The lowest BCUT2D eigenvalue weighted by Gasteiger charge is -2.28. The number of aliphatic carboxylic acids is 1. The van der Waals surface area contributed by atoms with Crippen LogP contribution in [0.4, 0.5) is 0 Å². The molecule has 19 heavy (non-hydrogen) atoms. The molecule has 2 rings (SSSR count). The predicted octanol–water partition coefficient (Wildman–Crippen LogP) is 2.98. The summed E-state index contributed by atoms with van der Waals surface area (Å²) in [5.41, 5.74) is 2.04. The quantitative estimate of drug-likeness (QED) is 0.856. The Hall–Kier alpha value is -1.35. The summed E-state index contributed by atoms with van der Waals surface area (Å²) in [6, 6.07) is 8.41. The molecule has 0 radical (unpaired) electrons. The Kier molecular flexibility index (Phi) is 4.97. The number of benzene rings is 1. The first-order chi connectivity index (χ1) is 9.15. The molecule has 2 N–H and O–H groups in total. The largest absolute Gasteiger partial charge is 0.481 e. The fourth-order valence-electron chi connectivity index (χ4n) is 2.94. The second kappa shape index (κ2) is 6.71. The van der Waals surface area contributed by atoms with E-state index in [-0.39, 0.29) is 6.42 Å². The number of hydrogen-bond acceptors (Lipinski definition) is 2. The van der Waals surface area contributed by atoms with Crippen molar-refractivity contribution in [3.63, 3.8) is 0 Å². The Morgan fingerprint density at radius 2 is 2.05 bits per heavy atom. The molecule has 0 saturated heterocycles. The van der Waals surface area contributed by atoms with Gasteiger partial charge in [-0.1, -0.05) is 44.0 Å². The molecule has 1 aliphatic carbocycles. The van der Waals surface area contributed by atoms with Gasteiger partial charge in [-0.2, -0.15) is 0 Å². The van der Waals surface area contributed by atoms with Gasteiger partial charge in [-0.15, -0.1) is 0 Å². The van der Waals surface area contributed by atoms with Gasteiger partial charge in [0, 0.05) is 12.6 Å². The number of rotatable bonds is 5. The summed E-state index contributed by atoms with van der Waals surface area (Å²) in [6.45, 7) is 3.09. The minimum Gasteiger partial charge on any atom is -0.481 e. The molecule has 3 heteroatoms. The zero-order valence-corrected chi connectivity index (χ0v) is 11.6. The van der Waals surface area contributed by atoms with Crippen molar-refractivity contribution in [3.05, 3.63) is 35.4 Å². The summed E-state index contributed by atoms with van der Waals surface area (Å²) >= 11 is 0. The van der Waals surface area contributed by atoms with E-state index in [4.69, 9.17) is 5.11 Å². The number of carbonyl (C=O) groups is 1. The van der Waals surface area contributed by atoms with Gasteiger partial charge in [0.15, 0.2) is 0 Å². The molecule has 1 aromatic carbocycles. The van der Waals surface area contributed by atoms with E-state index in [1.807, 2.05) is 24.3 Å². The molecule has 3 nitrogen and oxygen atoms in total. The van der Waals surface area contributed by atoms with Crippen LogP contribution >= 0.6 is 0 Å². The minimum absolute atomic E-state index is 0.110. The first kappa shape index (κ1) is 14.1. The number of carboxylic acid groups (broad SMARTS) is 1. The van der Waals surface area contributed by atoms with Crippen LogP contribution in [0.5, 0.6) is 0 Å². The molecule has 2 unspecified atom stereocenters. The molecule has 0 aromatic heterocycles. The maximum absolute atomic E-state index is 10.8. The molecule has 1 saturated carbocycles. The van der Waals surface area contributed by atoms with Crippen molar-refractivity contribution in [2.24, 2.45) is 5.92 Å². The highest BCUT2D eigenvalue weighted by Gasteiger charge is 2.18. The molecule has 1 aromatic rings. The Bertz CT molecular complexity index is 431. The van der Waals surface area contributed by atoms with Gasteiger partial charge in [0.25, 0.3) is 0 Å². The second-order valence-electron chi connectivity index (χ2n) is 5.69. The van der Waals surface area contributed by atoms with Crippen LogP contribution in [0.2, 0.25) is 0 Å². The van der Waals surface area contributed by atoms with Crippen molar-refractivity contribution >= 4 is 5.97 Å². The van der Waals surface area contributed by atoms with Gasteiger partial charge < -0.3 is 10.4 Å². The van der Waals surface area contributed by atoms with E-state index in [9.17, 15) is 4.79 Å². The summed E-state index contributed by atoms with van der Waals surface area (Å²) in [5, 5.41) is 12.5. The Balaban J connectivity index is 1.93. The Morgan fingerprint density at radius 3 is 2.74 bits per heavy atom. The summed E-state index contributed by atoms with van der Waals surface area (Å²) in [7, 11) is 0. The van der Waals surface area contributed by atoms with Crippen LogP contribution in [-0.2, 0) is 17.8 Å². The summed E-state index contributed by atoms with van der Waals surface area (Å²) < 4.78 is 0. The van der Waals surface area contributed by atoms with Gasteiger partial charge in [-0.3, -0.25) is 4.79 Å². The van der Waals surface area contributed by atoms with Crippen molar-refractivity contribution in [3.8, 4) is 0 Å². The van der Waals surface area contributed by atoms with Crippen LogP contribution in [0.15, 0.2) is 24.3 Å². The lowest BCUT2D eigenvalue weighted by molar-refractivity contribution is -0.136. The van der Waals surface area contributed by atoms with E-state index >= 15 is 0 Å². The molecule has 0 aliphatic heterocycles. The van der Waals surface area contributed by atoms with Crippen LogP contribution < -0.4 is 5.32 Å². The fourth-order valence-corrected chi connectivity index (χ4v) is 2.94. The number of carboxylic acids is 1. The Morgan fingerprint density at radius 1 is 1.32 bits per heavy atom. The molecule has 0 bridgehead atoms. The van der Waals surface area contributed by atoms with Crippen LogP contribution in [0, 0.1) is 5.92 Å². The third-order valence-electron chi connectivity index (χ3n) is 3.98. The molecular formula is C16H23NO2. The molecule has 0 heterocycles. The molecule has 1 fully saturated rings. The van der Waals surface area contributed by atoms with Gasteiger partial charge in [-0.05, 0) is 29.9 Å². The molecule has 1 aliphatic rings. The lowest BCUT2D eigenvalue weighted by Crippen LogP contribution is -2.33. The van der Waals surface area contributed by atoms with E-state index in [0.717, 1.165) is 23.6 Å². The second-order valence-corrected chi connectivity index (χ2v) is 5.69. The van der Waals surface area contributed by atoms with Gasteiger partial charge in [-0.25, -0.2) is 0 Å². The fraction of sp³-hybridized carbons (Fsp3) is 0.562. The van der Waals surface area contributed by atoms with Crippen molar-refractivity contribution in [1.29, 1.82) is 0 Å². The normalized spacial score (nSPS) is 23.2. The smallest absolute Gasteiger partial charge is 0.307 e. The van der Waals surface area contributed by atoms with Crippen LogP contribution in [-0.4, -0.2) is 17.1 Å². The van der Waals surface area contributed by atoms with E-state index in [1.54, 1.807) is 0 Å². The van der Waals surface area contributed by atoms with Crippen molar-refractivity contribution < 1.29 is 9.90 Å². The predicted molar refractivity (Wildman–Crippen MR) is 76.0 cm³/mol. The zero-order valence-electron chi connectivity index (χ0n) is 11.6. The topological polar surface area (TPSA) is 49.3 Å². The first-order valence-electron chi connectivity index (χ1n) is 7.17. The number of hydrogen-bond donors (Lipinski definition) is 2. The highest BCUT2D eigenvalue weighted by Crippen LogP contribution is 2.24. The first-order valence-corrected chi connectivity index (χ1v) is 7.17. The van der Waals surface area contributed by atoms with Crippen molar-refractivity contribution in [2.45, 2.75) is 51.6 Å². The monoisotopic (exact) mass is 261 g/mol. The SMILES string of the molecule is CC1CCCC(NCc2ccccc2CC(=O)O)C1. The van der Waals surface area contributed by atoms with Crippen LogP contribution in [0.1, 0.15) is 43.7 Å². The van der Waals surface area contributed by atoms with Crippen molar-refractivity contribution in [1.82, 2.24) is 5.32 Å². The maximum Gasteiger partial charge on any atom is 0.307 e. The van der Waals surface area contributed by atoms with E-state index in [0.29, 0.717) is 6.04 Å². The van der Waals surface area contributed by atoms with Crippen LogP contribution in [0.3, 0.4) is 0 Å². The molecule has 0 spiro atoms. The maximum atomic E-state index is 10.8. The van der Waals surface area contributed by atoms with E-state index in [2.05, 4.69) is 12.2 Å². The van der Waals surface area contributed by atoms with Gasteiger partial charge in [0.1, 0.15) is 0 Å². The number of nitrogens with one attached hydrogen (secondary N) is 1. The molecular weight excluding hydrogens is 238 g/mol. The van der Waals surface area contributed by atoms with Crippen molar-refractivity contribution in [2.75, 3.05) is 0 Å². The summed E-state index contributed by atoms with van der Waals surface area (Å²) in [6.07, 6.45) is 5.23. The zero-order chi connectivity index (χ0) is 13.7. The average Bonchev–Trinajstić information content (AvgIpc) is 2.37. The standard InChI is InChI=1S/C16H23NO2/c1-12-5-4-8-15(9-12)17-11-14-7-3-2-6-13(14)10-16(18)19/h2-3,6-7,12,15,17H,4-5,8-11H2,1H3,(H,18,19). The molecule has 2 atom stereocenters. The highest BCUT2D eigenvalue weighted by molar-refractivity contribution is 5.70. The lowest BCUT2D eigenvalue weighted by atomic mass is 9.87. The average molecular weight is 261 g/mol. The molecule has 0 amide bonds. The van der Waals surface area contributed by atoms with Crippen LogP contribution in [0.25, 0.3) is 0 Å². The summed E-state index contributed by atoms with van der Waals surface area (Å²) in [4.78, 5) is 10.8. The highest BCUT2D eigenvalue weighted by atomic mass is 16.4. The third-order valence-corrected chi connectivity index (χ3v) is 3.98. The van der Waals surface area contributed by atoms with E-state index < -0.39 is 5.97 Å². The van der Waals surface area contributed by atoms with Gasteiger partial charge >= 0.3 is 5.97 Å².